The smallest absolute Gasteiger partial charge is 0.0675 e. The van der Waals surface area contributed by atoms with Crippen LogP contribution in [-0.4, -0.2) is 0 Å². The highest BCUT2D eigenvalue weighted by molar-refractivity contribution is 9.15. The molecule has 0 aliphatic carbocycles. The third-order valence-electron chi connectivity index (χ3n) is 1.24. The van der Waals surface area contributed by atoms with Crippen LogP contribution in [0.5, 0.6) is 0 Å². The van der Waals surface area contributed by atoms with Crippen LogP contribution in [0.3, 0.4) is 0 Å². The van der Waals surface area contributed by atoms with Gasteiger partial charge in [0.25, 0.3) is 0 Å². The van der Waals surface area contributed by atoms with Crippen molar-refractivity contribution in [2.45, 2.75) is 0 Å². The standard InChI is InChI=1S/C8H5BrCl2/c1-5(9)6-3-2-4-7(10)8(6)11/h2-4H,1H2. The van der Waals surface area contributed by atoms with Crippen molar-refractivity contribution in [3.8, 4) is 0 Å². The van der Waals surface area contributed by atoms with Crippen LogP contribution in [0, 0.1) is 0 Å². The topological polar surface area (TPSA) is 0 Å². The molecule has 0 saturated heterocycles. The van der Waals surface area contributed by atoms with Crippen LogP contribution in [-0.2, 0) is 0 Å². The average molecular weight is 252 g/mol. The number of benzene rings is 1. The van der Waals surface area contributed by atoms with E-state index in [1.807, 2.05) is 12.1 Å². The van der Waals surface area contributed by atoms with Gasteiger partial charge in [0.1, 0.15) is 0 Å². The maximum absolute atomic E-state index is 5.87. The summed E-state index contributed by atoms with van der Waals surface area (Å²) >= 11 is 14.9. The van der Waals surface area contributed by atoms with Crippen molar-refractivity contribution in [1.29, 1.82) is 0 Å². The maximum atomic E-state index is 5.87. The lowest BCUT2D eigenvalue weighted by Gasteiger charge is -2.01. The molecule has 0 N–H and O–H groups in total. The van der Waals surface area contributed by atoms with E-state index in [0.717, 1.165) is 10.0 Å². The maximum Gasteiger partial charge on any atom is 0.0675 e. The van der Waals surface area contributed by atoms with Gasteiger partial charge in [-0.2, -0.15) is 0 Å². The fraction of sp³-hybridized carbons (Fsp3) is 0. The molecule has 0 fully saturated rings. The van der Waals surface area contributed by atoms with Crippen molar-refractivity contribution in [1.82, 2.24) is 0 Å². The average Bonchev–Trinajstić information content (AvgIpc) is 1.94. The number of rotatable bonds is 1. The van der Waals surface area contributed by atoms with Gasteiger partial charge in [-0.05, 0) is 6.07 Å². The van der Waals surface area contributed by atoms with Crippen molar-refractivity contribution in [3.05, 3.63) is 40.4 Å². The highest BCUT2D eigenvalue weighted by Crippen LogP contribution is 2.31. The first-order valence-corrected chi connectivity index (χ1v) is 4.46. The van der Waals surface area contributed by atoms with Crippen LogP contribution in [0.1, 0.15) is 5.56 Å². The van der Waals surface area contributed by atoms with Gasteiger partial charge in [-0.3, -0.25) is 0 Å². The van der Waals surface area contributed by atoms with Gasteiger partial charge in [-0.1, -0.05) is 57.8 Å². The molecule has 0 nitrogen and oxygen atoms in total. The van der Waals surface area contributed by atoms with Crippen LogP contribution < -0.4 is 0 Å². The summed E-state index contributed by atoms with van der Waals surface area (Å²) in [6.07, 6.45) is 0. The second-order valence-corrected chi connectivity index (χ2v) is 3.75. The summed E-state index contributed by atoms with van der Waals surface area (Å²) in [7, 11) is 0. The van der Waals surface area contributed by atoms with Crippen molar-refractivity contribution in [3.63, 3.8) is 0 Å². The van der Waals surface area contributed by atoms with Crippen molar-refractivity contribution in [2.24, 2.45) is 0 Å². The first kappa shape index (κ1) is 9.11. The zero-order valence-corrected chi connectivity index (χ0v) is 8.67. The minimum atomic E-state index is 0.538. The summed E-state index contributed by atoms with van der Waals surface area (Å²) in [5, 5.41) is 1.08. The Kier molecular flexibility index (Phi) is 2.99. The van der Waals surface area contributed by atoms with E-state index in [-0.39, 0.29) is 0 Å². The normalized spacial score (nSPS) is 9.73. The van der Waals surface area contributed by atoms with Gasteiger partial charge in [-0.15, -0.1) is 0 Å². The number of hydrogen-bond acceptors (Lipinski definition) is 0. The second-order valence-electron chi connectivity index (χ2n) is 2.01. The van der Waals surface area contributed by atoms with Crippen LogP contribution in [0.15, 0.2) is 24.8 Å². The molecule has 0 atom stereocenters. The molecular weight excluding hydrogens is 247 g/mol. The van der Waals surface area contributed by atoms with Gasteiger partial charge in [0.2, 0.25) is 0 Å². The molecule has 58 valence electrons. The van der Waals surface area contributed by atoms with Crippen molar-refractivity contribution in [2.75, 3.05) is 0 Å². The Hall–Kier alpha value is 0.0200. The minimum absolute atomic E-state index is 0.538. The second kappa shape index (κ2) is 3.61. The van der Waals surface area contributed by atoms with Gasteiger partial charge in [-0.25, -0.2) is 0 Å². The van der Waals surface area contributed by atoms with Gasteiger partial charge >= 0.3 is 0 Å². The van der Waals surface area contributed by atoms with Gasteiger partial charge in [0.15, 0.2) is 0 Å². The van der Waals surface area contributed by atoms with E-state index >= 15 is 0 Å². The lowest BCUT2D eigenvalue weighted by atomic mass is 10.2. The molecule has 0 aromatic heterocycles. The molecule has 0 amide bonds. The van der Waals surface area contributed by atoms with E-state index in [1.165, 1.54) is 0 Å². The van der Waals surface area contributed by atoms with E-state index in [4.69, 9.17) is 23.2 Å². The summed E-state index contributed by atoms with van der Waals surface area (Å²) in [6.45, 7) is 3.70. The van der Waals surface area contributed by atoms with E-state index in [1.54, 1.807) is 6.07 Å². The number of halogens is 3. The Morgan fingerprint density at radius 2 is 2.00 bits per heavy atom. The molecular formula is C8H5BrCl2. The predicted octanol–water partition coefficient (Wildman–Crippen LogP) is 4.36. The summed E-state index contributed by atoms with van der Waals surface area (Å²) in [5.41, 5.74) is 0.833. The van der Waals surface area contributed by atoms with E-state index < -0.39 is 0 Å². The summed E-state index contributed by atoms with van der Waals surface area (Å²) in [5.74, 6) is 0. The Balaban J connectivity index is 3.27. The van der Waals surface area contributed by atoms with Crippen LogP contribution in [0.4, 0.5) is 0 Å². The Labute approximate surface area is 83.9 Å². The SMILES string of the molecule is C=C(Br)c1cccc(Cl)c1Cl. The van der Waals surface area contributed by atoms with Gasteiger partial charge in [0, 0.05) is 10.0 Å². The molecule has 1 rings (SSSR count). The lowest BCUT2D eigenvalue weighted by molar-refractivity contribution is 1.65. The fourth-order valence-electron chi connectivity index (χ4n) is 0.713. The Morgan fingerprint density at radius 1 is 1.36 bits per heavy atom. The van der Waals surface area contributed by atoms with Gasteiger partial charge < -0.3 is 0 Å². The zero-order valence-electron chi connectivity index (χ0n) is 5.57. The number of hydrogen-bond donors (Lipinski definition) is 0. The van der Waals surface area contributed by atoms with E-state index in [2.05, 4.69) is 22.5 Å². The summed E-state index contributed by atoms with van der Waals surface area (Å²) in [6, 6.07) is 5.42. The minimum Gasteiger partial charge on any atom is -0.0841 e. The molecule has 0 unspecified atom stereocenters. The van der Waals surface area contributed by atoms with Crippen molar-refractivity contribution >= 4 is 43.6 Å². The molecule has 0 saturated carbocycles. The Morgan fingerprint density at radius 3 is 2.45 bits per heavy atom. The first-order valence-electron chi connectivity index (χ1n) is 2.91. The third-order valence-corrected chi connectivity index (χ3v) is 2.49. The molecule has 0 heterocycles. The van der Waals surface area contributed by atoms with E-state index in [0.29, 0.717) is 10.0 Å². The molecule has 1 aromatic carbocycles. The zero-order chi connectivity index (χ0) is 8.43. The molecule has 0 spiro atoms. The molecule has 0 bridgehead atoms. The fourth-order valence-corrected chi connectivity index (χ4v) is 1.57. The third kappa shape index (κ3) is 1.98. The van der Waals surface area contributed by atoms with E-state index in [9.17, 15) is 0 Å². The molecule has 11 heavy (non-hydrogen) atoms. The molecule has 0 aliphatic heterocycles. The summed E-state index contributed by atoms with van der Waals surface area (Å²) < 4.78 is 0.741. The first-order chi connectivity index (χ1) is 5.13. The lowest BCUT2D eigenvalue weighted by Crippen LogP contribution is -1.77. The molecule has 1 aromatic rings. The highest BCUT2D eigenvalue weighted by Gasteiger charge is 2.04. The largest absolute Gasteiger partial charge is 0.0841 e. The molecule has 0 radical (unpaired) electrons. The predicted molar refractivity (Wildman–Crippen MR) is 54.4 cm³/mol. The highest BCUT2D eigenvalue weighted by atomic mass is 79.9. The van der Waals surface area contributed by atoms with Crippen LogP contribution in [0.25, 0.3) is 4.48 Å². The monoisotopic (exact) mass is 250 g/mol. The van der Waals surface area contributed by atoms with Crippen molar-refractivity contribution < 1.29 is 0 Å². The van der Waals surface area contributed by atoms with Crippen LogP contribution >= 0.6 is 39.1 Å². The molecule has 0 aliphatic rings. The molecule has 3 heteroatoms. The van der Waals surface area contributed by atoms with Gasteiger partial charge in [0.05, 0.1) is 10.0 Å². The summed E-state index contributed by atoms with van der Waals surface area (Å²) in [4.78, 5) is 0. The Bertz CT molecular complexity index is 294. The van der Waals surface area contributed by atoms with Crippen LogP contribution in [0.2, 0.25) is 10.0 Å². The quantitative estimate of drug-likeness (QED) is 0.696.